The van der Waals surface area contributed by atoms with Gasteiger partial charge in [0, 0.05) is 6.20 Å². The van der Waals surface area contributed by atoms with Crippen LogP contribution in [0.2, 0.25) is 0 Å². The lowest BCUT2D eigenvalue weighted by molar-refractivity contribution is 0.0697. The maximum Gasteiger partial charge on any atom is 0.335 e. The van der Waals surface area contributed by atoms with Gasteiger partial charge in [-0.2, -0.15) is 0 Å². The van der Waals surface area contributed by atoms with Crippen LogP contribution in [-0.4, -0.2) is 22.7 Å². The average molecular weight is 259 g/mol. The second-order valence-electron chi connectivity index (χ2n) is 3.67. The van der Waals surface area contributed by atoms with Gasteiger partial charge in [-0.3, -0.25) is 0 Å². The molecule has 0 aliphatic heterocycles. The van der Waals surface area contributed by atoms with Gasteiger partial charge in [0.15, 0.2) is 5.75 Å². The van der Waals surface area contributed by atoms with Gasteiger partial charge in [0.2, 0.25) is 0 Å². The molecule has 0 aliphatic carbocycles. The number of carboxylic acids is 1. The van der Waals surface area contributed by atoms with Crippen LogP contribution in [-0.2, 0) is 0 Å². The summed E-state index contributed by atoms with van der Waals surface area (Å²) in [6.45, 7) is 2.39. The van der Waals surface area contributed by atoms with Gasteiger partial charge in [-0.15, -0.1) is 0 Å². The zero-order valence-corrected chi connectivity index (χ0v) is 10.4. The molecule has 5 heteroatoms. The van der Waals surface area contributed by atoms with Crippen LogP contribution in [0.1, 0.15) is 17.3 Å². The van der Waals surface area contributed by atoms with Crippen molar-refractivity contribution in [2.24, 2.45) is 0 Å². The van der Waals surface area contributed by atoms with E-state index in [2.05, 4.69) is 4.98 Å². The van der Waals surface area contributed by atoms with Crippen LogP contribution in [0.25, 0.3) is 0 Å². The van der Waals surface area contributed by atoms with Crippen molar-refractivity contribution in [3.63, 3.8) is 0 Å². The maximum absolute atomic E-state index is 10.7. The summed E-state index contributed by atoms with van der Waals surface area (Å²) in [6, 6.07) is 9.62. The molecule has 0 saturated heterocycles. The van der Waals surface area contributed by atoms with Crippen molar-refractivity contribution in [1.82, 2.24) is 4.98 Å². The second kappa shape index (κ2) is 5.86. The molecule has 19 heavy (non-hydrogen) atoms. The van der Waals surface area contributed by atoms with Crippen LogP contribution in [0.5, 0.6) is 17.4 Å². The quantitative estimate of drug-likeness (QED) is 0.893. The summed E-state index contributed by atoms with van der Waals surface area (Å²) in [4.78, 5) is 14.8. The normalized spacial score (nSPS) is 9.95. The number of hydrogen-bond acceptors (Lipinski definition) is 4. The van der Waals surface area contributed by atoms with E-state index >= 15 is 0 Å². The number of aromatic nitrogens is 1. The minimum absolute atomic E-state index is 0.207. The first kappa shape index (κ1) is 12.9. The summed E-state index contributed by atoms with van der Waals surface area (Å²) in [5.41, 5.74) is 0.207. The van der Waals surface area contributed by atoms with E-state index < -0.39 is 5.97 Å². The van der Waals surface area contributed by atoms with Gasteiger partial charge in [-0.1, -0.05) is 0 Å². The van der Waals surface area contributed by atoms with Crippen molar-refractivity contribution >= 4 is 5.97 Å². The monoisotopic (exact) mass is 259 g/mol. The molecule has 1 heterocycles. The van der Waals surface area contributed by atoms with Gasteiger partial charge in [-0.05, 0) is 43.3 Å². The average Bonchev–Trinajstić information content (AvgIpc) is 2.42. The predicted molar refractivity (Wildman–Crippen MR) is 68.9 cm³/mol. The fourth-order valence-corrected chi connectivity index (χ4v) is 1.50. The van der Waals surface area contributed by atoms with Gasteiger partial charge in [0.25, 0.3) is 5.88 Å². The zero-order chi connectivity index (χ0) is 13.7. The van der Waals surface area contributed by atoms with Crippen LogP contribution in [0.3, 0.4) is 0 Å². The molecule has 0 saturated carbocycles. The van der Waals surface area contributed by atoms with Crippen molar-refractivity contribution in [2.45, 2.75) is 6.92 Å². The molecule has 0 aliphatic rings. The highest BCUT2D eigenvalue weighted by Crippen LogP contribution is 2.28. The van der Waals surface area contributed by atoms with E-state index in [1.54, 1.807) is 30.5 Å². The molecule has 1 aromatic heterocycles. The number of pyridine rings is 1. The Bertz CT molecular complexity index is 566. The minimum atomic E-state index is -0.973. The predicted octanol–water partition coefficient (Wildman–Crippen LogP) is 2.97. The van der Waals surface area contributed by atoms with Crippen molar-refractivity contribution < 1.29 is 19.4 Å². The Labute approximate surface area is 110 Å². The highest BCUT2D eigenvalue weighted by atomic mass is 16.5. The molecule has 5 nitrogen and oxygen atoms in total. The van der Waals surface area contributed by atoms with Gasteiger partial charge in [-0.25, -0.2) is 9.78 Å². The Morgan fingerprint density at radius 2 is 2.00 bits per heavy atom. The largest absolute Gasteiger partial charge is 0.488 e. The third-order valence-electron chi connectivity index (χ3n) is 2.35. The Kier molecular flexibility index (Phi) is 3.97. The highest BCUT2D eigenvalue weighted by Gasteiger charge is 2.08. The standard InChI is InChI=1S/C14H13NO4/c1-2-18-12-4-3-9-15-13(12)19-11-7-5-10(6-8-11)14(16)17/h3-9H,2H2,1H3,(H,16,17). The molecule has 98 valence electrons. The van der Waals surface area contributed by atoms with E-state index in [0.29, 0.717) is 24.0 Å². The zero-order valence-electron chi connectivity index (χ0n) is 10.4. The number of nitrogens with zero attached hydrogens (tertiary/aromatic N) is 1. The molecule has 0 unspecified atom stereocenters. The molecule has 0 amide bonds. The number of hydrogen-bond donors (Lipinski definition) is 1. The van der Waals surface area contributed by atoms with Crippen molar-refractivity contribution in [1.29, 1.82) is 0 Å². The van der Waals surface area contributed by atoms with Crippen molar-refractivity contribution in [3.8, 4) is 17.4 Å². The summed E-state index contributed by atoms with van der Waals surface area (Å²) in [6.07, 6.45) is 1.60. The maximum atomic E-state index is 10.7. The molecule has 2 aromatic rings. The van der Waals surface area contributed by atoms with Gasteiger partial charge in [0.1, 0.15) is 5.75 Å². The molecule has 0 radical (unpaired) electrons. The summed E-state index contributed by atoms with van der Waals surface area (Å²) in [5.74, 6) is 0.434. The number of carboxylic acid groups (broad SMARTS) is 1. The third-order valence-corrected chi connectivity index (χ3v) is 2.35. The Morgan fingerprint density at radius 1 is 1.26 bits per heavy atom. The van der Waals surface area contributed by atoms with Crippen LogP contribution in [0.15, 0.2) is 42.6 Å². The van der Waals surface area contributed by atoms with E-state index in [9.17, 15) is 4.79 Å². The van der Waals surface area contributed by atoms with E-state index in [1.165, 1.54) is 12.1 Å². The molecule has 1 N–H and O–H groups in total. The number of aromatic carboxylic acids is 1. The number of ether oxygens (including phenoxy) is 2. The topological polar surface area (TPSA) is 68.7 Å². The first-order valence-electron chi connectivity index (χ1n) is 5.79. The molecule has 0 atom stereocenters. The van der Waals surface area contributed by atoms with E-state index in [4.69, 9.17) is 14.6 Å². The van der Waals surface area contributed by atoms with Crippen LogP contribution < -0.4 is 9.47 Å². The van der Waals surface area contributed by atoms with E-state index in [-0.39, 0.29) is 5.56 Å². The van der Waals surface area contributed by atoms with Crippen molar-refractivity contribution in [2.75, 3.05) is 6.61 Å². The number of rotatable bonds is 5. The number of benzene rings is 1. The lowest BCUT2D eigenvalue weighted by Gasteiger charge is -2.09. The summed E-state index contributed by atoms with van der Waals surface area (Å²) in [5, 5.41) is 8.81. The first-order chi connectivity index (χ1) is 9.20. The van der Waals surface area contributed by atoms with E-state index in [0.717, 1.165) is 0 Å². The van der Waals surface area contributed by atoms with Crippen LogP contribution in [0, 0.1) is 0 Å². The lowest BCUT2D eigenvalue weighted by Crippen LogP contribution is -1.98. The van der Waals surface area contributed by atoms with Crippen LogP contribution in [0.4, 0.5) is 0 Å². The van der Waals surface area contributed by atoms with E-state index in [1.807, 2.05) is 6.92 Å². The summed E-state index contributed by atoms with van der Waals surface area (Å²) < 4.78 is 11.0. The molecule has 0 spiro atoms. The van der Waals surface area contributed by atoms with Gasteiger partial charge < -0.3 is 14.6 Å². The third kappa shape index (κ3) is 3.22. The Balaban J connectivity index is 2.19. The lowest BCUT2D eigenvalue weighted by atomic mass is 10.2. The Hall–Kier alpha value is -2.56. The first-order valence-corrected chi connectivity index (χ1v) is 5.79. The minimum Gasteiger partial charge on any atom is -0.488 e. The van der Waals surface area contributed by atoms with Crippen LogP contribution >= 0.6 is 0 Å². The number of carbonyl (C=O) groups is 1. The molecule has 0 bridgehead atoms. The summed E-state index contributed by atoms with van der Waals surface area (Å²) in [7, 11) is 0. The highest BCUT2D eigenvalue weighted by molar-refractivity contribution is 5.87. The second-order valence-corrected chi connectivity index (χ2v) is 3.67. The molecule has 1 aromatic carbocycles. The van der Waals surface area contributed by atoms with Gasteiger partial charge >= 0.3 is 5.97 Å². The summed E-state index contributed by atoms with van der Waals surface area (Å²) >= 11 is 0. The molecule has 2 rings (SSSR count). The fraction of sp³-hybridized carbons (Fsp3) is 0.143. The SMILES string of the molecule is CCOc1cccnc1Oc1ccc(C(=O)O)cc1. The van der Waals surface area contributed by atoms with Crippen molar-refractivity contribution in [3.05, 3.63) is 48.2 Å². The van der Waals surface area contributed by atoms with Gasteiger partial charge in [0.05, 0.1) is 12.2 Å². The molecule has 0 fully saturated rings. The fourth-order valence-electron chi connectivity index (χ4n) is 1.50. The Morgan fingerprint density at radius 3 is 2.63 bits per heavy atom. The smallest absolute Gasteiger partial charge is 0.335 e. The molecular weight excluding hydrogens is 246 g/mol. The molecular formula is C14H13NO4.